The maximum Gasteiger partial charge on any atom is 0.0991 e. The predicted molar refractivity (Wildman–Crippen MR) is 93.2 cm³/mol. The van der Waals surface area contributed by atoms with Crippen LogP contribution in [0.15, 0.2) is 48.5 Å². The lowest BCUT2D eigenvalue weighted by molar-refractivity contribution is 0.124. The van der Waals surface area contributed by atoms with Crippen LogP contribution in [0.5, 0.6) is 0 Å². The highest BCUT2D eigenvalue weighted by molar-refractivity contribution is 5.47. The summed E-state index contributed by atoms with van der Waals surface area (Å²) in [5.41, 5.74) is 3.82. The lowest BCUT2D eigenvalue weighted by Gasteiger charge is -2.22. The van der Waals surface area contributed by atoms with E-state index in [0.29, 0.717) is 12.1 Å². The van der Waals surface area contributed by atoms with Crippen molar-refractivity contribution in [2.24, 2.45) is 0 Å². The highest BCUT2D eigenvalue weighted by Gasteiger charge is 2.11. The molecule has 2 rings (SSSR count). The molecule has 0 aliphatic carbocycles. The average Bonchev–Trinajstić information content (AvgIpc) is 2.55. The molecule has 0 unspecified atom stereocenters. The third-order valence-electron chi connectivity index (χ3n) is 3.79. The van der Waals surface area contributed by atoms with Gasteiger partial charge in [-0.25, -0.2) is 0 Å². The van der Waals surface area contributed by atoms with Crippen molar-refractivity contribution in [3.63, 3.8) is 0 Å². The van der Waals surface area contributed by atoms with E-state index in [4.69, 9.17) is 5.26 Å². The molecule has 4 heteroatoms. The van der Waals surface area contributed by atoms with Gasteiger partial charge in [-0.15, -0.1) is 0 Å². The van der Waals surface area contributed by atoms with Crippen LogP contribution in [0.3, 0.4) is 0 Å². The zero-order valence-electron chi connectivity index (χ0n) is 13.9. The van der Waals surface area contributed by atoms with Crippen LogP contribution < -0.4 is 4.90 Å². The number of hydrogen-bond acceptors (Lipinski definition) is 4. The quantitative estimate of drug-likeness (QED) is 0.891. The number of nitriles is 1. The molecule has 0 aliphatic rings. The van der Waals surface area contributed by atoms with Gasteiger partial charge in [0.15, 0.2) is 0 Å². The van der Waals surface area contributed by atoms with Crippen LogP contribution in [-0.4, -0.2) is 37.7 Å². The van der Waals surface area contributed by atoms with E-state index >= 15 is 0 Å². The SMILES string of the molecule is CN(Cc1cccc(N(C)C)c1)C[C@H](O)c1ccc(C#N)cc1. The van der Waals surface area contributed by atoms with Gasteiger partial charge in [-0.1, -0.05) is 24.3 Å². The first-order chi connectivity index (χ1) is 11.0. The topological polar surface area (TPSA) is 50.5 Å². The molecule has 2 aromatic rings. The molecule has 0 aliphatic heterocycles. The monoisotopic (exact) mass is 309 g/mol. The van der Waals surface area contributed by atoms with Crippen LogP contribution >= 0.6 is 0 Å². The van der Waals surface area contributed by atoms with Crippen molar-refractivity contribution in [3.8, 4) is 6.07 Å². The average molecular weight is 309 g/mol. The number of likely N-dealkylation sites (N-methyl/N-ethyl adjacent to an activating group) is 1. The zero-order chi connectivity index (χ0) is 16.8. The molecule has 2 aromatic carbocycles. The lowest BCUT2D eigenvalue weighted by atomic mass is 10.1. The Bertz CT molecular complexity index is 674. The van der Waals surface area contributed by atoms with Crippen LogP contribution in [0.2, 0.25) is 0 Å². The fourth-order valence-corrected chi connectivity index (χ4v) is 2.49. The van der Waals surface area contributed by atoms with Crippen molar-refractivity contribution < 1.29 is 5.11 Å². The minimum Gasteiger partial charge on any atom is -0.387 e. The van der Waals surface area contributed by atoms with Gasteiger partial charge in [-0.2, -0.15) is 5.26 Å². The van der Waals surface area contributed by atoms with Crippen molar-refractivity contribution in [1.82, 2.24) is 4.90 Å². The van der Waals surface area contributed by atoms with Crippen LogP contribution in [-0.2, 0) is 6.54 Å². The second-order valence-electron chi connectivity index (χ2n) is 6.01. The zero-order valence-corrected chi connectivity index (χ0v) is 13.9. The van der Waals surface area contributed by atoms with E-state index in [-0.39, 0.29) is 0 Å². The fourth-order valence-electron chi connectivity index (χ4n) is 2.49. The molecule has 0 bridgehead atoms. The minimum absolute atomic E-state index is 0.540. The first-order valence-corrected chi connectivity index (χ1v) is 7.62. The Kier molecular flexibility index (Phi) is 5.75. The molecule has 0 spiro atoms. The molecular weight excluding hydrogens is 286 g/mol. The van der Waals surface area contributed by atoms with Crippen molar-refractivity contribution in [1.29, 1.82) is 5.26 Å². The maximum atomic E-state index is 10.3. The first kappa shape index (κ1) is 17.0. The summed E-state index contributed by atoms with van der Waals surface area (Å²) in [4.78, 5) is 4.17. The van der Waals surface area contributed by atoms with Crippen molar-refractivity contribution in [3.05, 3.63) is 65.2 Å². The number of hydrogen-bond donors (Lipinski definition) is 1. The van der Waals surface area contributed by atoms with Crippen molar-refractivity contribution >= 4 is 5.69 Å². The highest BCUT2D eigenvalue weighted by Crippen LogP contribution is 2.18. The van der Waals surface area contributed by atoms with E-state index in [1.165, 1.54) is 11.3 Å². The van der Waals surface area contributed by atoms with Crippen molar-refractivity contribution in [2.45, 2.75) is 12.6 Å². The molecule has 0 heterocycles. The Morgan fingerprint density at radius 1 is 1.09 bits per heavy atom. The summed E-state index contributed by atoms with van der Waals surface area (Å²) in [5, 5.41) is 19.2. The van der Waals surface area contributed by atoms with Gasteiger partial charge in [0.2, 0.25) is 0 Å². The second kappa shape index (κ2) is 7.77. The number of aliphatic hydroxyl groups excluding tert-OH is 1. The number of aliphatic hydroxyl groups is 1. The molecule has 1 atom stereocenters. The van der Waals surface area contributed by atoms with E-state index in [1.807, 2.05) is 33.3 Å². The standard InChI is InChI=1S/C19H23N3O/c1-21(2)18-6-4-5-16(11-18)13-22(3)14-19(23)17-9-7-15(12-20)8-10-17/h4-11,19,23H,13-14H2,1-3H3/t19-/m0/s1. The Hall–Kier alpha value is -2.35. The molecule has 1 N–H and O–H groups in total. The van der Waals surface area contributed by atoms with Crippen LogP contribution in [0.25, 0.3) is 0 Å². The van der Waals surface area contributed by atoms with Gasteiger partial charge in [0.1, 0.15) is 0 Å². The van der Waals surface area contributed by atoms with E-state index in [9.17, 15) is 5.11 Å². The molecule has 0 aromatic heterocycles. The molecule has 0 radical (unpaired) electrons. The number of anilines is 1. The largest absolute Gasteiger partial charge is 0.387 e. The Balaban J connectivity index is 1.97. The smallest absolute Gasteiger partial charge is 0.0991 e. The van der Waals surface area contributed by atoms with E-state index in [1.54, 1.807) is 12.1 Å². The normalized spacial score (nSPS) is 12.0. The Morgan fingerprint density at radius 3 is 2.39 bits per heavy atom. The molecule has 0 saturated heterocycles. The lowest BCUT2D eigenvalue weighted by Crippen LogP contribution is -2.24. The van der Waals surface area contributed by atoms with Crippen molar-refractivity contribution in [2.75, 3.05) is 32.6 Å². The molecular formula is C19H23N3O. The van der Waals surface area contributed by atoms with Gasteiger partial charge in [0.25, 0.3) is 0 Å². The summed E-state index contributed by atoms with van der Waals surface area (Å²) in [5.74, 6) is 0. The van der Waals surface area contributed by atoms with Gasteiger partial charge in [0.05, 0.1) is 17.7 Å². The highest BCUT2D eigenvalue weighted by atomic mass is 16.3. The third-order valence-corrected chi connectivity index (χ3v) is 3.79. The summed E-state index contributed by atoms with van der Waals surface area (Å²) >= 11 is 0. The van der Waals surface area contributed by atoms with Gasteiger partial charge in [0, 0.05) is 32.9 Å². The van der Waals surface area contributed by atoms with Crippen LogP contribution in [0, 0.1) is 11.3 Å². The molecule has 120 valence electrons. The maximum absolute atomic E-state index is 10.3. The minimum atomic E-state index is -0.565. The number of rotatable bonds is 6. The molecule has 0 saturated carbocycles. The summed E-state index contributed by atoms with van der Waals surface area (Å²) in [6, 6.07) is 17.6. The van der Waals surface area contributed by atoms with E-state index in [2.05, 4.69) is 40.1 Å². The summed E-state index contributed by atoms with van der Waals surface area (Å²) < 4.78 is 0. The third kappa shape index (κ3) is 4.82. The second-order valence-corrected chi connectivity index (χ2v) is 6.01. The summed E-state index contributed by atoms with van der Waals surface area (Å²) in [6.07, 6.45) is -0.565. The van der Waals surface area contributed by atoms with E-state index < -0.39 is 6.10 Å². The Labute approximate surface area is 138 Å². The van der Waals surface area contributed by atoms with Crippen LogP contribution in [0.1, 0.15) is 22.8 Å². The summed E-state index contributed by atoms with van der Waals surface area (Å²) in [6.45, 7) is 1.31. The first-order valence-electron chi connectivity index (χ1n) is 7.62. The van der Waals surface area contributed by atoms with Gasteiger partial charge in [-0.3, -0.25) is 4.90 Å². The van der Waals surface area contributed by atoms with Gasteiger partial charge >= 0.3 is 0 Å². The number of benzene rings is 2. The molecule has 0 amide bonds. The summed E-state index contributed by atoms with van der Waals surface area (Å²) in [7, 11) is 6.05. The van der Waals surface area contributed by atoms with Crippen LogP contribution in [0.4, 0.5) is 5.69 Å². The van der Waals surface area contributed by atoms with Gasteiger partial charge < -0.3 is 10.0 Å². The molecule has 23 heavy (non-hydrogen) atoms. The Morgan fingerprint density at radius 2 is 1.78 bits per heavy atom. The number of nitrogens with zero attached hydrogens (tertiary/aromatic N) is 3. The fraction of sp³-hybridized carbons (Fsp3) is 0.316. The van der Waals surface area contributed by atoms with E-state index in [0.717, 1.165) is 12.1 Å². The predicted octanol–water partition coefficient (Wildman–Crippen LogP) is 2.79. The molecule has 4 nitrogen and oxygen atoms in total. The van der Waals surface area contributed by atoms with Gasteiger partial charge in [-0.05, 0) is 42.4 Å². The molecule has 0 fully saturated rings.